The second kappa shape index (κ2) is 8.90. The molecule has 0 heterocycles. The van der Waals surface area contributed by atoms with Gasteiger partial charge in [0.15, 0.2) is 0 Å². The SMILES string of the molecule is Cc1ccc(S(=O)(=O)N(C)c2ccc(C(=O)N(C)Cc3ccccc3Cl)cc2)cc1. The summed E-state index contributed by atoms with van der Waals surface area (Å²) in [6, 6.07) is 20.6. The summed E-state index contributed by atoms with van der Waals surface area (Å²) < 4.78 is 26.9. The van der Waals surface area contributed by atoms with Crippen molar-refractivity contribution in [1.82, 2.24) is 4.90 Å². The van der Waals surface area contributed by atoms with E-state index in [0.29, 0.717) is 22.8 Å². The van der Waals surface area contributed by atoms with Crippen molar-refractivity contribution in [2.75, 3.05) is 18.4 Å². The first-order chi connectivity index (χ1) is 14.2. The molecule has 1 amide bonds. The lowest BCUT2D eigenvalue weighted by atomic mass is 10.1. The van der Waals surface area contributed by atoms with Crippen molar-refractivity contribution in [2.24, 2.45) is 0 Å². The number of sulfonamides is 1. The van der Waals surface area contributed by atoms with E-state index < -0.39 is 10.0 Å². The van der Waals surface area contributed by atoms with Crippen molar-refractivity contribution >= 4 is 33.2 Å². The largest absolute Gasteiger partial charge is 0.337 e. The van der Waals surface area contributed by atoms with Gasteiger partial charge in [-0.1, -0.05) is 47.5 Å². The Morgan fingerprint density at radius 1 is 0.900 bits per heavy atom. The molecule has 0 aliphatic carbocycles. The molecule has 30 heavy (non-hydrogen) atoms. The predicted molar refractivity (Wildman–Crippen MR) is 120 cm³/mol. The fourth-order valence-corrected chi connectivity index (χ4v) is 4.39. The average molecular weight is 443 g/mol. The van der Waals surface area contributed by atoms with E-state index in [1.807, 2.05) is 25.1 Å². The molecule has 0 fully saturated rings. The second-order valence-electron chi connectivity index (χ2n) is 7.09. The van der Waals surface area contributed by atoms with Crippen molar-refractivity contribution in [2.45, 2.75) is 18.4 Å². The van der Waals surface area contributed by atoms with Gasteiger partial charge in [-0.25, -0.2) is 8.42 Å². The van der Waals surface area contributed by atoms with E-state index in [0.717, 1.165) is 11.1 Å². The third kappa shape index (κ3) is 4.66. The maximum atomic E-state index is 12.8. The van der Waals surface area contributed by atoms with Crippen LogP contribution in [-0.4, -0.2) is 33.3 Å². The number of nitrogens with zero attached hydrogens (tertiary/aromatic N) is 2. The van der Waals surface area contributed by atoms with E-state index in [1.54, 1.807) is 66.5 Å². The van der Waals surface area contributed by atoms with E-state index in [1.165, 1.54) is 11.4 Å². The molecule has 5 nitrogen and oxygen atoms in total. The number of carbonyl (C=O) groups is 1. The molecule has 0 unspecified atom stereocenters. The van der Waals surface area contributed by atoms with Crippen LogP contribution in [0.3, 0.4) is 0 Å². The Morgan fingerprint density at radius 2 is 1.50 bits per heavy atom. The third-order valence-electron chi connectivity index (χ3n) is 4.87. The molecule has 0 aliphatic heterocycles. The van der Waals surface area contributed by atoms with Gasteiger partial charge < -0.3 is 4.90 Å². The molecule has 156 valence electrons. The van der Waals surface area contributed by atoms with Crippen LogP contribution >= 0.6 is 11.6 Å². The quantitative estimate of drug-likeness (QED) is 0.553. The lowest BCUT2D eigenvalue weighted by molar-refractivity contribution is 0.0785. The van der Waals surface area contributed by atoms with Gasteiger partial charge in [-0.3, -0.25) is 9.10 Å². The van der Waals surface area contributed by atoms with E-state index >= 15 is 0 Å². The number of rotatable bonds is 6. The van der Waals surface area contributed by atoms with Gasteiger partial charge in [0.05, 0.1) is 10.6 Å². The van der Waals surface area contributed by atoms with Crippen LogP contribution in [0.15, 0.2) is 77.7 Å². The Labute approximate surface area is 182 Å². The normalized spacial score (nSPS) is 11.2. The van der Waals surface area contributed by atoms with Gasteiger partial charge in [0, 0.05) is 31.2 Å². The smallest absolute Gasteiger partial charge is 0.264 e. The highest BCUT2D eigenvalue weighted by atomic mass is 35.5. The molecular formula is C23H23ClN2O3S. The van der Waals surface area contributed by atoms with Crippen LogP contribution in [0.1, 0.15) is 21.5 Å². The Bertz CT molecular complexity index is 1140. The van der Waals surface area contributed by atoms with E-state index in [2.05, 4.69) is 0 Å². The number of benzene rings is 3. The number of hydrogen-bond acceptors (Lipinski definition) is 3. The van der Waals surface area contributed by atoms with Crippen molar-refractivity contribution in [3.05, 3.63) is 94.5 Å². The van der Waals surface area contributed by atoms with Gasteiger partial charge in [-0.2, -0.15) is 0 Å². The summed E-state index contributed by atoms with van der Waals surface area (Å²) in [5, 5.41) is 0.607. The minimum atomic E-state index is -3.68. The summed E-state index contributed by atoms with van der Waals surface area (Å²) in [7, 11) is -0.483. The summed E-state index contributed by atoms with van der Waals surface area (Å²) >= 11 is 6.18. The van der Waals surface area contributed by atoms with Gasteiger partial charge in [-0.15, -0.1) is 0 Å². The summed E-state index contributed by atoms with van der Waals surface area (Å²) in [5.41, 5.74) is 2.78. The second-order valence-corrected chi connectivity index (χ2v) is 9.46. The fraction of sp³-hybridized carbons (Fsp3) is 0.174. The van der Waals surface area contributed by atoms with Crippen LogP contribution < -0.4 is 4.31 Å². The molecule has 0 bridgehead atoms. The highest BCUT2D eigenvalue weighted by molar-refractivity contribution is 7.92. The van der Waals surface area contributed by atoms with Crippen LogP contribution in [0.5, 0.6) is 0 Å². The minimum Gasteiger partial charge on any atom is -0.337 e. The first kappa shape index (κ1) is 21.9. The predicted octanol–water partition coefficient (Wildman–Crippen LogP) is 4.75. The Hall–Kier alpha value is -2.83. The maximum absolute atomic E-state index is 12.8. The molecule has 3 rings (SSSR count). The lowest BCUT2D eigenvalue weighted by Crippen LogP contribution is -2.27. The number of aryl methyl sites for hydroxylation is 1. The van der Waals surface area contributed by atoms with Gasteiger partial charge in [0.1, 0.15) is 0 Å². The zero-order valence-corrected chi connectivity index (χ0v) is 18.6. The molecule has 0 spiro atoms. The molecular weight excluding hydrogens is 420 g/mol. The standard InChI is InChI=1S/C23H23ClN2O3S/c1-17-8-14-21(15-9-17)30(28,29)26(3)20-12-10-18(11-13-20)23(27)25(2)16-19-6-4-5-7-22(19)24/h4-15H,16H2,1-3H3. The molecule has 0 aliphatic rings. The number of anilines is 1. The van der Waals surface area contributed by atoms with Crippen LogP contribution in [0.2, 0.25) is 5.02 Å². The summed E-state index contributed by atoms with van der Waals surface area (Å²) in [4.78, 5) is 14.5. The molecule has 3 aromatic rings. The van der Waals surface area contributed by atoms with E-state index in [-0.39, 0.29) is 10.8 Å². The summed E-state index contributed by atoms with van der Waals surface area (Å²) in [5.74, 6) is -0.175. The Balaban J connectivity index is 1.76. The Kier molecular flexibility index (Phi) is 6.48. The van der Waals surface area contributed by atoms with Gasteiger partial charge in [0.2, 0.25) is 0 Å². The molecule has 0 saturated carbocycles. The van der Waals surface area contributed by atoms with Crippen molar-refractivity contribution in [3.8, 4) is 0 Å². The van der Waals surface area contributed by atoms with Crippen molar-refractivity contribution in [1.29, 1.82) is 0 Å². The molecule has 0 atom stereocenters. The molecule has 0 N–H and O–H groups in total. The van der Waals surface area contributed by atoms with E-state index in [4.69, 9.17) is 11.6 Å². The monoisotopic (exact) mass is 442 g/mol. The van der Waals surface area contributed by atoms with Gasteiger partial charge in [0.25, 0.3) is 15.9 Å². The zero-order valence-electron chi connectivity index (χ0n) is 17.0. The average Bonchev–Trinajstić information content (AvgIpc) is 2.74. The number of halogens is 1. The maximum Gasteiger partial charge on any atom is 0.264 e. The topological polar surface area (TPSA) is 57.7 Å². The van der Waals surface area contributed by atoms with Crippen LogP contribution in [0, 0.1) is 6.92 Å². The minimum absolute atomic E-state index is 0.175. The number of carbonyl (C=O) groups excluding carboxylic acids is 1. The third-order valence-corrected chi connectivity index (χ3v) is 7.04. The van der Waals surface area contributed by atoms with Crippen LogP contribution in [-0.2, 0) is 16.6 Å². The fourth-order valence-electron chi connectivity index (χ4n) is 3.00. The van der Waals surface area contributed by atoms with E-state index in [9.17, 15) is 13.2 Å². The summed E-state index contributed by atoms with van der Waals surface area (Å²) in [6.07, 6.45) is 0. The van der Waals surface area contributed by atoms with Gasteiger partial charge in [-0.05, 0) is 55.0 Å². The van der Waals surface area contributed by atoms with Crippen molar-refractivity contribution in [3.63, 3.8) is 0 Å². The first-order valence-corrected chi connectivity index (χ1v) is 11.2. The number of hydrogen-bond donors (Lipinski definition) is 0. The highest BCUT2D eigenvalue weighted by Crippen LogP contribution is 2.23. The number of amides is 1. The first-order valence-electron chi connectivity index (χ1n) is 9.34. The molecule has 0 saturated heterocycles. The molecule has 0 radical (unpaired) electrons. The van der Waals surface area contributed by atoms with Crippen LogP contribution in [0.4, 0.5) is 5.69 Å². The zero-order chi connectivity index (χ0) is 21.9. The lowest BCUT2D eigenvalue weighted by Gasteiger charge is -2.21. The molecule has 3 aromatic carbocycles. The Morgan fingerprint density at radius 3 is 2.10 bits per heavy atom. The van der Waals surface area contributed by atoms with Gasteiger partial charge >= 0.3 is 0 Å². The van der Waals surface area contributed by atoms with Crippen molar-refractivity contribution < 1.29 is 13.2 Å². The van der Waals surface area contributed by atoms with Crippen LogP contribution in [0.25, 0.3) is 0 Å². The highest BCUT2D eigenvalue weighted by Gasteiger charge is 2.21. The molecule has 7 heteroatoms. The summed E-state index contributed by atoms with van der Waals surface area (Å²) in [6.45, 7) is 2.28. The molecule has 0 aromatic heterocycles.